The molecule has 1 saturated heterocycles. The lowest BCUT2D eigenvalue weighted by Gasteiger charge is -2.24. The van der Waals surface area contributed by atoms with Crippen LogP contribution in [0.2, 0.25) is 0 Å². The van der Waals surface area contributed by atoms with E-state index in [0.29, 0.717) is 18.1 Å². The van der Waals surface area contributed by atoms with Gasteiger partial charge in [-0.25, -0.2) is 4.68 Å². The van der Waals surface area contributed by atoms with Gasteiger partial charge in [-0.15, -0.1) is 0 Å². The first-order chi connectivity index (χ1) is 14.0. The zero-order valence-corrected chi connectivity index (χ0v) is 17.4. The Morgan fingerprint density at radius 2 is 1.90 bits per heavy atom. The van der Waals surface area contributed by atoms with Crippen LogP contribution >= 0.6 is 0 Å². The molecular formula is C22H29N5O2. The lowest BCUT2D eigenvalue weighted by atomic mass is 10.2. The molecule has 0 saturated carbocycles. The number of carbonyl (C=O) groups excluding carboxylic acids is 1. The Kier molecular flexibility index (Phi) is 5.41. The third kappa shape index (κ3) is 3.55. The Morgan fingerprint density at radius 3 is 2.66 bits per heavy atom. The third-order valence-corrected chi connectivity index (χ3v) is 6.20. The van der Waals surface area contributed by atoms with E-state index >= 15 is 0 Å². The molecule has 2 atom stereocenters. The third-order valence-electron chi connectivity index (χ3n) is 6.20. The van der Waals surface area contributed by atoms with Gasteiger partial charge in [0.1, 0.15) is 11.6 Å². The second-order valence-corrected chi connectivity index (χ2v) is 8.07. The van der Waals surface area contributed by atoms with Crippen LogP contribution in [-0.4, -0.2) is 50.8 Å². The van der Waals surface area contributed by atoms with Crippen molar-refractivity contribution in [2.45, 2.75) is 45.2 Å². The van der Waals surface area contributed by atoms with E-state index in [0.717, 1.165) is 35.8 Å². The summed E-state index contributed by atoms with van der Waals surface area (Å²) in [4.78, 5) is 28.3. The maximum absolute atomic E-state index is 13.0. The van der Waals surface area contributed by atoms with Crippen molar-refractivity contribution in [3.63, 3.8) is 0 Å². The van der Waals surface area contributed by atoms with Crippen LogP contribution in [0.5, 0.6) is 0 Å². The van der Waals surface area contributed by atoms with Crippen molar-refractivity contribution >= 4 is 27.7 Å². The number of hydrogen-bond acceptors (Lipinski definition) is 4. The van der Waals surface area contributed by atoms with Crippen LogP contribution in [0.15, 0.2) is 35.3 Å². The Morgan fingerprint density at radius 1 is 1.17 bits per heavy atom. The highest BCUT2D eigenvalue weighted by atomic mass is 16.2. The largest absolute Gasteiger partial charge is 0.354 e. The molecule has 1 aromatic carbocycles. The van der Waals surface area contributed by atoms with E-state index < -0.39 is 6.04 Å². The Balaban J connectivity index is 1.58. The maximum atomic E-state index is 13.0. The lowest BCUT2D eigenvalue weighted by Crippen LogP contribution is -2.37. The van der Waals surface area contributed by atoms with Crippen molar-refractivity contribution in [3.8, 4) is 0 Å². The Hall–Kier alpha value is -2.67. The van der Waals surface area contributed by atoms with Gasteiger partial charge in [0.15, 0.2) is 0 Å². The average molecular weight is 396 g/mol. The number of benzene rings is 1. The van der Waals surface area contributed by atoms with Gasteiger partial charge in [-0.2, -0.15) is 5.10 Å². The van der Waals surface area contributed by atoms with Crippen molar-refractivity contribution in [2.24, 2.45) is 7.05 Å². The summed E-state index contributed by atoms with van der Waals surface area (Å²) < 4.78 is 3.17. The molecular weight excluding hydrogens is 366 g/mol. The molecule has 29 heavy (non-hydrogen) atoms. The van der Waals surface area contributed by atoms with E-state index in [1.807, 2.05) is 35.8 Å². The molecule has 1 amide bonds. The van der Waals surface area contributed by atoms with Gasteiger partial charge < -0.3 is 14.8 Å². The van der Waals surface area contributed by atoms with E-state index in [2.05, 4.69) is 22.2 Å². The molecule has 3 aromatic rings. The molecule has 2 aromatic heterocycles. The number of aryl methyl sites for hydroxylation is 1. The van der Waals surface area contributed by atoms with Crippen molar-refractivity contribution in [3.05, 3.63) is 40.8 Å². The zero-order chi connectivity index (χ0) is 20.5. The normalized spacial score (nSPS) is 17.1. The fraction of sp³-hybridized carbons (Fsp3) is 0.500. The topological polar surface area (TPSA) is 72.2 Å². The number of hydrogen-bond donors (Lipinski definition) is 1. The number of carbonyl (C=O) groups is 1. The van der Waals surface area contributed by atoms with Crippen LogP contribution in [-0.2, 0) is 11.8 Å². The number of nitrogens with one attached hydrogen (secondary N) is 1. The first-order valence-corrected chi connectivity index (χ1v) is 10.5. The standard InChI is InChI=1S/C22H29N5O2/c1-15(26-12-6-7-13-26)10-11-23-21(28)16(2)27-19-9-5-4-8-17(19)18-14-24-25(3)22(29)20(18)27/h4-5,8-9,14-16H,6-7,10-13H2,1-3H3,(H,23,28). The van der Waals surface area contributed by atoms with Crippen LogP contribution in [0.3, 0.4) is 0 Å². The minimum absolute atomic E-state index is 0.0693. The first kappa shape index (κ1) is 19.6. The van der Waals surface area contributed by atoms with Crippen molar-refractivity contribution in [1.82, 2.24) is 24.6 Å². The molecule has 1 aliphatic heterocycles. The molecule has 0 bridgehead atoms. The minimum atomic E-state index is -0.491. The van der Waals surface area contributed by atoms with Gasteiger partial charge >= 0.3 is 0 Å². The molecule has 4 rings (SSSR count). The summed E-state index contributed by atoms with van der Waals surface area (Å²) in [5.74, 6) is -0.0693. The van der Waals surface area contributed by atoms with E-state index in [-0.39, 0.29) is 11.5 Å². The summed E-state index contributed by atoms with van der Waals surface area (Å²) >= 11 is 0. The highest BCUT2D eigenvalue weighted by Gasteiger charge is 2.23. The minimum Gasteiger partial charge on any atom is -0.354 e. The summed E-state index contributed by atoms with van der Waals surface area (Å²) in [5, 5.41) is 8.97. The van der Waals surface area contributed by atoms with Gasteiger partial charge in [-0.3, -0.25) is 9.59 Å². The fourth-order valence-electron chi connectivity index (χ4n) is 4.42. The maximum Gasteiger partial charge on any atom is 0.291 e. The van der Waals surface area contributed by atoms with Crippen LogP contribution in [0, 0.1) is 0 Å². The predicted octanol–water partition coefficient (Wildman–Crippen LogP) is 2.44. The van der Waals surface area contributed by atoms with Gasteiger partial charge in [0.05, 0.1) is 11.7 Å². The number of amides is 1. The molecule has 0 spiro atoms. The Bertz CT molecular complexity index is 1090. The van der Waals surface area contributed by atoms with Crippen LogP contribution in [0.25, 0.3) is 21.8 Å². The van der Waals surface area contributed by atoms with Crippen molar-refractivity contribution < 1.29 is 4.79 Å². The predicted molar refractivity (Wildman–Crippen MR) is 115 cm³/mol. The molecule has 0 aliphatic carbocycles. The highest BCUT2D eigenvalue weighted by Crippen LogP contribution is 2.29. The molecule has 1 N–H and O–H groups in total. The zero-order valence-electron chi connectivity index (χ0n) is 17.4. The number of nitrogens with zero attached hydrogens (tertiary/aromatic N) is 4. The molecule has 0 radical (unpaired) electrons. The second-order valence-electron chi connectivity index (χ2n) is 8.07. The number of rotatable bonds is 6. The van der Waals surface area contributed by atoms with E-state index in [1.54, 1.807) is 13.2 Å². The number of likely N-dealkylation sites (tertiary alicyclic amines) is 1. The van der Waals surface area contributed by atoms with E-state index in [1.165, 1.54) is 17.5 Å². The summed E-state index contributed by atoms with van der Waals surface area (Å²) in [5.41, 5.74) is 1.21. The smallest absolute Gasteiger partial charge is 0.291 e. The molecule has 3 heterocycles. The fourth-order valence-corrected chi connectivity index (χ4v) is 4.42. The summed E-state index contributed by atoms with van der Waals surface area (Å²) in [6.45, 7) is 7.03. The molecule has 154 valence electrons. The second kappa shape index (κ2) is 7.99. The van der Waals surface area contributed by atoms with Crippen LogP contribution < -0.4 is 10.9 Å². The molecule has 2 unspecified atom stereocenters. The van der Waals surface area contributed by atoms with E-state index in [9.17, 15) is 9.59 Å². The van der Waals surface area contributed by atoms with Gasteiger partial charge in [-0.05, 0) is 52.3 Å². The quantitative estimate of drug-likeness (QED) is 0.696. The summed E-state index contributed by atoms with van der Waals surface area (Å²) in [7, 11) is 1.63. The monoisotopic (exact) mass is 395 g/mol. The first-order valence-electron chi connectivity index (χ1n) is 10.5. The number of fused-ring (bicyclic) bond motifs is 3. The number of para-hydroxylation sites is 1. The van der Waals surface area contributed by atoms with Crippen LogP contribution in [0.1, 0.15) is 39.2 Å². The molecule has 1 aliphatic rings. The van der Waals surface area contributed by atoms with Gasteiger partial charge in [0.2, 0.25) is 5.91 Å². The summed E-state index contributed by atoms with van der Waals surface area (Å²) in [6, 6.07) is 7.77. The van der Waals surface area contributed by atoms with Crippen molar-refractivity contribution in [1.29, 1.82) is 0 Å². The highest BCUT2D eigenvalue weighted by molar-refractivity contribution is 6.08. The Labute approximate surface area is 170 Å². The van der Waals surface area contributed by atoms with Crippen LogP contribution in [0.4, 0.5) is 0 Å². The van der Waals surface area contributed by atoms with Crippen molar-refractivity contribution in [2.75, 3.05) is 19.6 Å². The summed E-state index contributed by atoms with van der Waals surface area (Å²) in [6.07, 6.45) is 5.17. The average Bonchev–Trinajstić information content (AvgIpc) is 3.37. The molecule has 7 heteroatoms. The molecule has 7 nitrogen and oxygen atoms in total. The number of aromatic nitrogens is 3. The SMILES string of the molecule is CC(CCNC(=O)C(C)n1c2ccccc2c2cnn(C)c(=O)c21)N1CCCC1. The van der Waals surface area contributed by atoms with Gasteiger partial charge in [0.25, 0.3) is 5.56 Å². The van der Waals surface area contributed by atoms with E-state index in [4.69, 9.17) is 0 Å². The van der Waals surface area contributed by atoms with Gasteiger partial charge in [0, 0.05) is 30.4 Å². The van der Waals surface area contributed by atoms with Gasteiger partial charge in [-0.1, -0.05) is 18.2 Å². The molecule has 1 fully saturated rings. The lowest BCUT2D eigenvalue weighted by molar-refractivity contribution is -0.123.